The van der Waals surface area contributed by atoms with E-state index in [2.05, 4.69) is 23.3 Å². The summed E-state index contributed by atoms with van der Waals surface area (Å²) in [7, 11) is 0. The average Bonchev–Trinajstić information content (AvgIpc) is 2.79. The number of nitriles is 1. The molecule has 0 bridgehead atoms. The second-order valence-electron chi connectivity index (χ2n) is 3.62. The first-order chi connectivity index (χ1) is 7.90. The Balaban J connectivity index is 2.06. The average molecular weight is 211 g/mol. The normalized spacial score (nSPS) is 9.94. The van der Waals surface area contributed by atoms with Gasteiger partial charge < -0.3 is 0 Å². The molecule has 0 fully saturated rings. The van der Waals surface area contributed by atoms with Gasteiger partial charge in [-0.2, -0.15) is 10.4 Å². The first-order valence-corrected chi connectivity index (χ1v) is 5.35. The topological polar surface area (TPSA) is 41.6 Å². The van der Waals surface area contributed by atoms with Crippen molar-refractivity contribution in [3.63, 3.8) is 0 Å². The van der Waals surface area contributed by atoms with Crippen molar-refractivity contribution in [2.45, 2.75) is 19.4 Å². The quantitative estimate of drug-likeness (QED) is 0.730. The van der Waals surface area contributed by atoms with Crippen LogP contribution in [0.1, 0.15) is 12.8 Å². The van der Waals surface area contributed by atoms with Gasteiger partial charge in [-0.15, -0.1) is 0 Å². The van der Waals surface area contributed by atoms with Crippen LogP contribution >= 0.6 is 0 Å². The number of aromatic nitrogens is 2. The Morgan fingerprint density at radius 3 is 2.75 bits per heavy atom. The van der Waals surface area contributed by atoms with Crippen molar-refractivity contribution in [1.82, 2.24) is 9.78 Å². The number of benzene rings is 1. The molecule has 0 saturated heterocycles. The van der Waals surface area contributed by atoms with Crippen LogP contribution in [0.4, 0.5) is 0 Å². The zero-order chi connectivity index (χ0) is 11.2. The first kappa shape index (κ1) is 10.4. The fourth-order valence-corrected chi connectivity index (χ4v) is 1.59. The van der Waals surface area contributed by atoms with Crippen LogP contribution in [0.5, 0.6) is 0 Å². The number of hydrogen-bond acceptors (Lipinski definition) is 2. The van der Waals surface area contributed by atoms with Gasteiger partial charge in [-0.3, -0.25) is 4.68 Å². The molecule has 1 heterocycles. The zero-order valence-electron chi connectivity index (χ0n) is 9.00. The van der Waals surface area contributed by atoms with E-state index in [-0.39, 0.29) is 0 Å². The molecule has 3 heteroatoms. The van der Waals surface area contributed by atoms with Gasteiger partial charge in [0.15, 0.2) is 0 Å². The molecule has 0 amide bonds. The predicted octanol–water partition coefficient (Wildman–Crippen LogP) is 2.85. The number of unbranched alkanes of at least 4 members (excludes halogenated alkanes) is 1. The largest absolute Gasteiger partial charge is 0.272 e. The van der Waals surface area contributed by atoms with E-state index in [1.54, 1.807) is 0 Å². The summed E-state index contributed by atoms with van der Waals surface area (Å²) in [5.74, 6) is 0. The van der Waals surface area contributed by atoms with Crippen LogP contribution in [-0.2, 0) is 6.54 Å². The smallest absolute Gasteiger partial charge is 0.0622 e. The van der Waals surface area contributed by atoms with Crippen molar-refractivity contribution in [2.75, 3.05) is 0 Å². The summed E-state index contributed by atoms with van der Waals surface area (Å²) in [4.78, 5) is 0. The van der Waals surface area contributed by atoms with Crippen LogP contribution in [0.3, 0.4) is 0 Å². The van der Waals surface area contributed by atoms with Gasteiger partial charge in [0.1, 0.15) is 0 Å². The lowest BCUT2D eigenvalue weighted by Crippen LogP contribution is -1.97. The van der Waals surface area contributed by atoms with Gasteiger partial charge in [0.2, 0.25) is 0 Å². The maximum Gasteiger partial charge on any atom is 0.0622 e. The Bertz CT molecular complexity index is 479. The van der Waals surface area contributed by atoms with Crippen molar-refractivity contribution in [3.8, 4) is 17.2 Å². The third kappa shape index (κ3) is 2.48. The van der Waals surface area contributed by atoms with Gasteiger partial charge in [0, 0.05) is 24.7 Å². The van der Waals surface area contributed by atoms with Gasteiger partial charge in [-0.25, -0.2) is 0 Å². The molecule has 0 unspecified atom stereocenters. The molecule has 0 spiro atoms. The Kier molecular flexibility index (Phi) is 3.35. The maximum atomic E-state index is 8.45. The fraction of sp³-hybridized carbons (Fsp3) is 0.231. The Morgan fingerprint density at radius 1 is 1.19 bits per heavy atom. The van der Waals surface area contributed by atoms with Crippen molar-refractivity contribution in [3.05, 3.63) is 42.7 Å². The summed E-state index contributed by atoms with van der Waals surface area (Å²) in [5, 5.41) is 12.7. The molecular weight excluding hydrogens is 198 g/mol. The predicted molar refractivity (Wildman–Crippen MR) is 62.5 cm³/mol. The highest BCUT2D eigenvalue weighted by Gasteiger charge is 2.00. The van der Waals surface area contributed by atoms with E-state index >= 15 is 0 Å². The fourth-order valence-electron chi connectivity index (χ4n) is 1.59. The molecular formula is C13H13N3. The molecule has 0 aliphatic rings. The van der Waals surface area contributed by atoms with Crippen LogP contribution in [-0.4, -0.2) is 9.78 Å². The summed E-state index contributed by atoms with van der Waals surface area (Å²) in [5.41, 5.74) is 2.30. The minimum atomic E-state index is 0.584. The van der Waals surface area contributed by atoms with E-state index in [0.717, 1.165) is 18.5 Å². The van der Waals surface area contributed by atoms with E-state index in [1.807, 2.05) is 35.3 Å². The van der Waals surface area contributed by atoms with Gasteiger partial charge in [0.05, 0.1) is 12.3 Å². The van der Waals surface area contributed by atoms with E-state index in [4.69, 9.17) is 5.26 Å². The lowest BCUT2D eigenvalue weighted by molar-refractivity contribution is 0.586. The minimum Gasteiger partial charge on any atom is -0.272 e. The molecule has 1 aromatic heterocycles. The monoisotopic (exact) mass is 211 g/mol. The van der Waals surface area contributed by atoms with Crippen LogP contribution in [0, 0.1) is 11.3 Å². The lowest BCUT2D eigenvalue weighted by Gasteiger charge is -1.97. The molecule has 2 aromatic rings. The number of hydrogen-bond donors (Lipinski definition) is 0. The second-order valence-corrected chi connectivity index (χ2v) is 3.62. The Morgan fingerprint density at radius 2 is 2.00 bits per heavy atom. The highest BCUT2D eigenvalue weighted by atomic mass is 15.3. The molecule has 0 aliphatic carbocycles. The third-order valence-corrected chi connectivity index (χ3v) is 2.42. The van der Waals surface area contributed by atoms with Crippen LogP contribution in [0.2, 0.25) is 0 Å². The Hall–Kier alpha value is -2.08. The van der Waals surface area contributed by atoms with Crippen molar-refractivity contribution in [1.29, 1.82) is 5.26 Å². The minimum absolute atomic E-state index is 0.584. The first-order valence-electron chi connectivity index (χ1n) is 5.35. The highest BCUT2D eigenvalue weighted by Crippen LogP contribution is 2.17. The van der Waals surface area contributed by atoms with Crippen molar-refractivity contribution < 1.29 is 0 Å². The van der Waals surface area contributed by atoms with Gasteiger partial charge in [-0.05, 0) is 12.0 Å². The summed E-state index contributed by atoms with van der Waals surface area (Å²) in [6.45, 7) is 0.806. The third-order valence-electron chi connectivity index (χ3n) is 2.42. The summed E-state index contributed by atoms with van der Waals surface area (Å²) < 4.78 is 1.89. The summed E-state index contributed by atoms with van der Waals surface area (Å²) in [6, 6.07) is 12.3. The molecule has 80 valence electrons. The number of nitrogens with zero attached hydrogens (tertiary/aromatic N) is 3. The number of aryl methyl sites for hydroxylation is 1. The van der Waals surface area contributed by atoms with Crippen molar-refractivity contribution in [2.24, 2.45) is 0 Å². The molecule has 1 aromatic carbocycles. The van der Waals surface area contributed by atoms with Gasteiger partial charge in [-0.1, -0.05) is 30.3 Å². The Labute approximate surface area is 94.9 Å². The molecule has 16 heavy (non-hydrogen) atoms. The summed E-state index contributed by atoms with van der Waals surface area (Å²) in [6.07, 6.45) is 5.32. The van der Waals surface area contributed by atoms with Gasteiger partial charge in [0.25, 0.3) is 0 Å². The zero-order valence-corrected chi connectivity index (χ0v) is 9.00. The SMILES string of the molecule is N#CCCCn1cc(-c2ccccc2)cn1. The molecule has 0 N–H and O–H groups in total. The summed E-state index contributed by atoms with van der Waals surface area (Å²) >= 11 is 0. The van der Waals surface area contributed by atoms with Crippen LogP contribution in [0.15, 0.2) is 42.7 Å². The van der Waals surface area contributed by atoms with Gasteiger partial charge >= 0.3 is 0 Å². The van der Waals surface area contributed by atoms with Crippen LogP contribution < -0.4 is 0 Å². The standard InChI is InChI=1S/C13H13N3/c14-8-4-5-9-16-11-13(10-15-16)12-6-2-1-3-7-12/h1-3,6-7,10-11H,4-5,9H2. The van der Waals surface area contributed by atoms with E-state index in [1.165, 1.54) is 5.56 Å². The molecule has 0 radical (unpaired) electrons. The van der Waals surface area contributed by atoms with E-state index in [9.17, 15) is 0 Å². The van der Waals surface area contributed by atoms with E-state index in [0.29, 0.717) is 6.42 Å². The van der Waals surface area contributed by atoms with Crippen LogP contribution in [0.25, 0.3) is 11.1 Å². The van der Waals surface area contributed by atoms with Crippen molar-refractivity contribution >= 4 is 0 Å². The molecule has 2 rings (SSSR count). The molecule has 0 atom stereocenters. The molecule has 0 saturated carbocycles. The van der Waals surface area contributed by atoms with E-state index < -0.39 is 0 Å². The second kappa shape index (κ2) is 5.13. The lowest BCUT2D eigenvalue weighted by atomic mass is 10.1. The number of rotatable bonds is 4. The molecule has 0 aliphatic heterocycles. The maximum absolute atomic E-state index is 8.45. The molecule has 3 nitrogen and oxygen atoms in total. The highest BCUT2D eigenvalue weighted by molar-refractivity contribution is 5.61.